The Labute approximate surface area is 117 Å². The molecule has 0 N–H and O–H groups in total. The van der Waals surface area contributed by atoms with Gasteiger partial charge in [0.2, 0.25) is 0 Å². The summed E-state index contributed by atoms with van der Waals surface area (Å²) < 4.78 is 29.6. The predicted octanol–water partition coefficient (Wildman–Crippen LogP) is 3.97. The second-order valence-electron chi connectivity index (χ2n) is 5.63. The minimum Gasteiger partial charge on any atom is -0.296 e. The summed E-state index contributed by atoms with van der Waals surface area (Å²) in [7, 11) is 3.86. The van der Waals surface area contributed by atoms with Crippen LogP contribution in [0.15, 0.2) is 48.5 Å². The highest BCUT2D eigenvalue weighted by Gasteiger charge is 2.50. The van der Waals surface area contributed by atoms with Gasteiger partial charge in [0.1, 0.15) is 0 Å². The minimum absolute atomic E-state index is 0.106. The Bertz CT molecular complexity index is 612. The van der Waals surface area contributed by atoms with Crippen LogP contribution in [0.1, 0.15) is 29.2 Å². The van der Waals surface area contributed by atoms with Crippen molar-refractivity contribution in [3.63, 3.8) is 0 Å². The van der Waals surface area contributed by atoms with Crippen molar-refractivity contribution >= 4 is 0 Å². The third kappa shape index (κ3) is 1.50. The van der Waals surface area contributed by atoms with Gasteiger partial charge in [-0.1, -0.05) is 48.5 Å². The van der Waals surface area contributed by atoms with Gasteiger partial charge in [0.25, 0.3) is 5.92 Å². The van der Waals surface area contributed by atoms with Crippen LogP contribution in [0.25, 0.3) is 0 Å². The zero-order valence-corrected chi connectivity index (χ0v) is 11.8. The number of alkyl halides is 2. The van der Waals surface area contributed by atoms with Crippen LogP contribution in [0.3, 0.4) is 0 Å². The standard InChI is InChI=1S/C17H17F2N/c1-16(20(2)3)12-8-4-6-10-14(12)17(18,19)15-11-7-5-9-13(15)16/h4-11H,1-3H3. The molecule has 0 saturated carbocycles. The predicted molar refractivity (Wildman–Crippen MR) is 76.0 cm³/mol. The van der Waals surface area contributed by atoms with E-state index < -0.39 is 11.5 Å². The highest BCUT2D eigenvalue weighted by Crippen LogP contribution is 2.51. The molecule has 2 aromatic rings. The monoisotopic (exact) mass is 273 g/mol. The lowest BCUT2D eigenvalue weighted by Crippen LogP contribution is -2.46. The van der Waals surface area contributed by atoms with Crippen LogP contribution in [0, 0.1) is 0 Å². The fourth-order valence-electron chi connectivity index (χ4n) is 3.13. The van der Waals surface area contributed by atoms with E-state index in [1.807, 2.05) is 38.1 Å². The van der Waals surface area contributed by atoms with E-state index in [1.165, 1.54) is 12.1 Å². The Hall–Kier alpha value is -1.74. The van der Waals surface area contributed by atoms with Crippen LogP contribution in [0.4, 0.5) is 8.78 Å². The molecule has 1 aliphatic carbocycles. The minimum atomic E-state index is -2.94. The number of hydrogen-bond donors (Lipinski definition) is 0. The molecule has 20 heavy (non-hydrogen) atoms. The first-order valence-corrected chi connectivity index (χ1v) is 6.65. The molecule has 0 fully saturated rings. The molecule has 1 nitrogen and oxygen atoms in total. The SMILES string of the molecule is CN(C)C1(C)c2ccccc2C(F)(F)c2ccccc21. The van der Waals surface area contributed by atoms with Gasteiger partial charge in [-0.25, -0.2) is 0 Å². The lowest BCUT2D eigenvalue weighted by atomic mass is 9.71. The van der Waals surface area contributed by atoms with Gasteiger partial charge < -0.3 is 0 Å². The molecular formula is C17H17F2N. The second-order valence-corrected chi connectivity index (χ2v) is 5.63. The van der Waals surface area contributed by atoms with Gasteiger partial charge in [-0.2, -0.15) is 8.78 Å². The summed E-state index contributed by atoms with van der Waals surface area (Å²) in [6.45, 7) is 2.00. The smallest absolute Gasteiger partial charge is 0.296 e. The molecule has 0 unspecified atom stereocenters. The normalized spacial score (nSPS) is 18.5. The largest absolute Gasteiger partial charge is 0.299 e. The van der Waals surface area contributed by atoms with Crippen molar-refractivity contribution < 1.29 is 8.78 Å². The number of fused-ring (bicyclic) bond motifs is 2. The maximum atomic E-state index is 14.8. The molecule has 0 heterocycles. The van der Waals surface area contributed by atoms with Crippen LogP contribution in [0.2, 0.25) is 0 Å². The van der Waals surface area contributed by atoms with E-state index in [0.717, 1.165) is 0 Å². The van der Waals surface area contributed by atoms with E-state index in [9.17, 15) is 8.78 Å². The van der Waals surface area contributed by atoms with E-state index in [1.54, 1.807) is 24.3 Å². The summed E-state index contributed by atoms with van der Waals surface area (Å²) in [5.74, 6) is -2.94. The summed E-state index contributed by atoms with van der Waals surface area (Å²) in [6.07, 6.45) is 0. The quantitative estimate of drug-likeness (QED) is 0.760. The van der Waals surface area contributed by atoms with Gasteiger partial charge in [0.05, 0.1) is 5.54 Å². The zero-order chi connectivity index (χ0) is 14.5. The molecule has 0 bridgehead atoms. The van der Waals surface area contributed by atoms with Crippen molar-refractivity contribution in [2.45, 2.75) is 18.4 Å². The van der Waals surface area contributed by atoms with Crippen molar-refractivity contribution in [2.75, 3.05) is 14.1 Å². The van der Waals surface area contributed by atoms with Gasteiger partial charge in [-0.15, -0.1) is 0 Å². The van der Waals surface area contributed by atoms with E-state index in [2.05, 4.69) is 0 Å². The molecule has 0 saturated heterocycles. The van der Waals surface area contributed by atoms with Crippen molar-refractivity contribution in [2.24, 2.45) is 0 Å². The number of hydrogen-bond acceptors (Lipinski definition) is 1. The fourth-order valence-corrected chi connectivity index (χ4v) is 3.13. The molecule has 0 spiro atoms. The first-order chi connectivity index (χ1) is 9.40. The third-order valence-corrected chi connectivity index (χ3v) is 4.47. The van der Waals surface area contributed by atoms with Crippen molar-refractivity contribution in [1.29, 1.82) is 0 Å². The zero-order valence-electron chi connectivity index (χ0n) is 11.8. The summed E-state index contributed by atoms with van der Waals surface area (Å²) in [5, 5.41) is 0. The Morgan fingerprint density at radius 2 is 1.10 bits per heavy atom. The van der Waals surface area contributed by atoms with Crippen molar-refractivity contribution in [3.05, 3.63) is 70.8 Å². The number of nitrogens with zero attached hydrogens (tertiary/aromatic N) is 1. The van der Waals surface area contributed by atoms with Crippen LogP contribution >= 0.6 is 0 Å². The van der Waals surface area contributed by atoms with Gasteiger partial charge in [0.15, 0.2) is 0 Å². The molecule has 3 heteroatoms. The lowest BCUT2D eigenvalue weighted by Gasteiger charge is -2.45. The van der Waals surface area contributed by atoms with Crippen LogP contribution in [0.5, 0.6) is 0 Å². The second kappa shape index (κ2) is 4.13. The van der Waals surface area contributed by atoms with E-state index >= 15 is 0 Å². The van der Waals surface area contributed by atoms with Crippen LogP contribution < -0.4 is 0 Å². The number of halogens is 2. The Morgan fingerprint density at radius 1 is 0.750 bits per heavy atom. The third-order valence-electron chi connectivity index (χ3n) is 4.47. The topological polar surface area (TPSA) is 3.24 Å². The van der Waals surface area contributed by atoms with Crippen molar-refractivity contribution in [1.82, 2.24) is 4.90 Å². The number of rotatable bonds is 1. The van der Waals surface area contributed by atoms with Gasteiger partial charge in [-0.3, -0.25) is 4.90 Å². The lowest BCUT2D eigenvalue weighted by molar-refractivity contribution is 0.0277. The first-order valence-electron chi connectivity index (χ1n) is 6.65. The molecule has 0 amide bonds. The summed E-state index contributed by atoms with van der Waals surface area (Å²) in [6, 6.07) is 13.7. The average molecular weight is 273 g/mol. The Morgan fingerprint density at radius 3 is 1.45 bits per heavy atom. The molecule has 104 valence electrons. The molecule has 0 atom stereocenters. The summed E-state index contributed by atoms with van der Waals surface area (Å²) in [5.41, 5.74) is 1.02. The molecule has 3 rings (SSSR count). The van der Waals surface area contributed by atoms with Crippen molar-refractivity contribution in [3.8, 4) is 0 Å². The maximum Gasteiger partial charge on any atom is 0.299 e. The Balaban J connectivity index is 2.42. The van der Waals surface area contributed by atoms with Gasteiger partial charge >= 0.3 is 0 Å². The van der Waals surface area contributed by atoms with Gasteiger partial charge in [-0.05, 0) is 32.1 Å². The summed E-state index contributed by atoms with van der Waals surface area (Å²) in [4.78, 5) is 2.00. The van der Waals surface area contributed by atoms with Crippen LogP contribution in [-0.4, -0.2) is 19.0 Å². The molecule has 2 aromatic carbocycles. The molecule has 0 aromatic heterocycles. The average Bonchev–Trinajstić information content (AvgIpc) is 2.45. The maximum absolute atomic E-state index is 14.8. The molecule has 0 aliphatic heterocycles. The molecule has 1 aliphatic rings. The molecular weight excluding hydrogens is 256 g/mol. The summed E-state index contributed by atoms with van der Waals surface area (Å²) >= 11 is 0. The van der Waals surface area contributed by atoms with Gasteiger partial charge in [0, 0.05) is 11.1 Å². The van der Waals surface area contributed by atoms with E-state index in [0.29, 0.717) is 11.1 Å². The fraction of sp³-hybridized carbons (Fsp3) is 0.294. The number of benzene rings is 2. The first kappa shape index (κ1) is 13.3. The molecule has 0 radical (unpaired) electrons. The Kier molecular flexibility index (Phi) is 2.73. The highest BCUT2D eigenvalue weighted by atomic mass is 19.3. The van der Waals surface area contributed by atoms with E-state index in [4.69, 9.17) is 0 Å². The van der Waals surface area contributed by atoms with Crippen LogP contribution in [-0.2, 0) is 11.5 Å². The highest BCUT2D eigenvalue weighted by molar-refractivity contribution is 5.56. The van der Waals surface area contributed by atoms with E-state index in [-0.39, 0.29) is 11.1 Å².